The number of ether oxygens (including phenoxy) is 2. The second kappa shape index (κ2) is 17.5. The Balaban J connectivity index is 1.95. The van der Waals surface area contributed by atoms with Crippen molar-refractivity contribution in [3.63, 3.8) is 0 Å². The van der Waals surface area contributed by atoms with Crippen LogP contribution < -0.4 is 10.6 Å². The molecule has 0 saturated heterocycles. The lowest BCUT2D eigenvalue weighted by Gasteiger charge is -2.29. The minimum atomic E-state index is -0.643. The molecule has 210 valence electrons. The van der Waals surface area contributed by atoms with E-state index in [4.69, 9.17) is 9.47 Å². The van der Waals surface area contributed by atoms with Gasteiger partial charge in [-0.25, -0.2) is 0 Å². The minimum Gasteiger partial charge on any atom is -0.463 e. The van der Waals surface area contributed by atoms with E-state index in [1.54, 1.807) is 6.08 Å². The maximum Gasteiger partial charge on any atom is 0.305 e. The Morgan fingerprint density at radius 3 is 2.45 bits per heavy atom. The number of carbonyl (C=O) groups excluding carboxylic acids is 3. The maximum atomic E-state index is 13.2. The van der Waals surface area contributed by atoms with Crippen LogP contribution in [0.4, 0.5) is 0 Å². The summed E-state index contributed by atoms with van der Waals surface area (Å²) >= 11 is 0. The zero-order valence-electron chi connectivity index (χ0n) is 22.5. The zero-order valence-corrected chi connectivity index (χ0v) is 22.5. The Morgan fingerprint density at radius 2 is 1.79 bits per heavy atom. The van der Waals surface area contributed by atoms with E-state index in [1.807, 2.05) is 36.4 Å². The van der Waals surface area contributed by atoms with Crippen LogP contribution in [0, 0.1) is 5.92 Å². The lowest BCUT2D eigenvalue weighted by molar-refractivity contribution is -0.146. The molecule has 1 saturated carbocycles. The first kappa shape index (κ1) is 31.2. The molecule has 8 heteroatoms. The number of amides is 2. The third kappa shape index (κ3) is 11.6. The van der Waals surface area contributed by atoms with Crippen molar-refractivity contribution in [3.05, 3.63) is 61.2 Å². The first-order valence-corrected chi connectivity index (χ1v) is 13.6. The van der Waals surface area contributed by atoms with Gasteiger partial charge in [0.05, 0.1) is 37.3 Å². The summed E-state index contributed by atoms with van der Waals surface area (Å²) in [4.78, 5) is 38.2. The first-order valence-electron chi connectivity index (χ1n) is 13.6. The molecule has 8 nitrogen and oxygen atoms in total. The smallest absolute Gasteiger partial charge is 0.305 e. The highest BCUT2D eigenvalue weighted by molar-refractivity contribution is 5.86. The molecule has 2 atom stereocenters. The van der Waals surface area contributed by atoms with Gasteiger partial charge < -0.3 is 25.2 Å². The van der Waals surface area contributed by atoms with Gasteiger partial charge in [0.15, 0.2) is 0 Å². The molecule has 0 bridgehead atoms. The summed E-state index contributed by atoms with van der Waals surface area (Å²) in [7, 11) is 0. The Bertz CT molecular complexity index is 882. The van der Waals surface area contributed by atoms with E-state index in [-0.39, 0.29) is 44.0 Å². The highest BCUT2D eigenvalue weighted by Crippen LogP contribution is 2.29. The van der Waals surface area contributed by atoms with Gasteiger partial charge in [-0.3, -0.25) is 14.4 Å². The number of esters is 1. The SMILES string of the molecule is C=CCCCCC(=O)OCC(COCc1ccccc1)NC(=O)C(CC=C)CC(=O)NC1(CO)CCCC1. The van der Waals surface area contributed by atoms with Crippen molar-refractivity contribution >= 4 is 17.8 Å². The molecule has 0 spiro atoms. The Morgan fingerprint density at radius 1 is 1.05 bits per heavy atom. The van der Waals surface area contributed by atoms with Gasteiger partial charge in [0.25, 0.3) is 0 Å². The van der Waals surface area contributed by atoms with Gasteiger partial charge in [0.1, 0.15) is 6.61 Å². The number of carbonyl (C=O) groups is 3. The molecular weight excluding hydrogens is 484 g/mol. The number of aliphatic hydroxyl groups excluding tert-OH is 1. The van der Waals surface area contributed by atoms with Crippen LogP contribution in [0.15, 0.2) is 55.6 Å². The molecule has 1 aliphatic carbocycles. The molecule has 1 fully saturated rings. The van der Waals surface area contributed by atoms with E-state index in [2.05, 4.69) is 23.8 Å². The number of unbranched alkanes of at least 4 members (excludes halogenated alkanes) is 2. The van der Waals surface area contributed by atoms with Gasteiger partial charge >= 0.3 is 5.97 Å². The summed E-state index contributed by atoms with van der Waals surface area (Å²) < 4.78 is 11.3. The van der Waals surface area contributed by atoms with Crippen molar-refractivity contribution < 1.29 is 29.0 Å². The van der Waals surface area contributed by atoms with Crippen LogP contribution in [0.1, 0.15) is 69.8 Å². The Labute approximate surface area is 226 Å². The molecule has 0 heterocycles. The van der Waals surface area contributed by atoms with Crippen molar-refractivity contribution in [1.29, 1.82) is 0 Å². The highest BCUT2D eigenvalue weighted by Gasteiger charge is 2.35. The second-order valence-electron chi connectivity index (χ2n) is 10.0. The predicted octanol–water partition coefficient (Wildman–Crippen LogP) is 3.98. The molecular formula is C30H44N2O6. The number of benzene rings is 1. The fourth-order valence-electron chi connectivity index (χ4n) is 4.60. The van der Waals surface area contributed by atoms with Crippen LogP contribution in [0.2, 0.25) is 0 Å². The number of hydrogen-bond acceptors (Lipinski definition) is 6. The van der Waals surface area contributed by atoms with Crippen molar-refractivity contribution in [2.24, 2.45) is 5.92 Å². The molecule has 1 aromatic carbocycles. The van der Waals surface area contributed by atoms with Crippen LogP contribution in [0.5, 0.6) is 0 Å². The average Bonchev–Trinajstić information content (AvgIpc) is 3.38. The zero-order chi connectivity index (χ0) is 27.6. The fourth-order valence-corrected chi connectivity index (χ4v) is 4.60. The Kier molecular flexibility index (Phi) is 14.4. The molecule has 2 unspecified atom stereocenters. The van der Waals surface area contributed by atoms with Gasteiger partial charge in [-0.15, -0.1) is 13.2 Å². The number of nitrogens with one attached hydrogen (secondary N) is 2. The first-order chi connectivity index (χ1) is 18.4. The number of aliphatic hydroxyl groups is 1. The van der Waals surface area contributed by atoms with Gasteiger partial charge in [-0.1, -0.05) is 55.3 Å². The highest BCUT2D eigenvalue weighted by atomic mass is 16.5. The maximum absolute atomic E-state index is 13.2. The lowest BCUT2D eigenvalue weighted by Crippen LogP contribution is -2.50. The summed E-state index contributed by atoms with van der Waals surface area (Å²) in [5.41, 5.74) is 0.391. The average molecular weight is 529 g/mol. The molecule has 0 aliphatic heterocycles. The molecule has 2 rings (SSSR count). The quantitative estimate of drug-likeness (QED) is 0.142. The fraction of sp³-hybridized carbons (Fsp3) is 0.567. The molecule has 2 amide bonds. The Hall–Kier alpha value is -2.97. The van der Waals surface area contributed by atoms with Gasteiger partial charge in [0, 0.05) is 12.8 Å². The predicted molar refractivity (Wildman–Crippen MR) is 147 cm³/mol. The molecule has 1 aromatic rings. The lowest BCUT2D eigenvalue weighted by atomic mass is 9.95. The second-order valence-corrected chi connectivity index (χ2v) is 10.0. The van der Waals surface area contributed by atoms with Crippen molar-refractivity contribution in [2.75, 3.05) is 19.8 Å². The summed E-state index contributed by atoms with van der Waals surface area (Å²) in [5.74, 6) is -1.58. The van der Waals surface area contributed by atoms with Gasteiger partial charge in [0.2, 0.25) is 11.8 Å². The summed E-state index contributed by atoms with van der Waals surface area (Å²) in [6, 6.07) is 9.08. The normalized spacial score (nSPS) is 15.7. The molecule has 0 radical (unpaired) electrons. The summed E-state index contributed by atoms with van der Waals surface area (Å²) in [6.45, 7) is 7.77. The van der Waals surface area contributed by atoms with Crippen LogP contribution in [-0.2, 0) is 30.5 Å². The van der Waals surface area contributed by atoms with Crippen LogP contribution in [-0.4, -0.2) is 54.3 Å². The van der Waals surface area contributed by atoms with E-state index in [1.165, 1.54) is 0 Å². The number of hydrogen-bond donors (Lipinski definition) is 3. The van der Waals surface area contributed by atoms with Gasteiger partial charge in [-0.05, 0) is 44.1 Å². The van der Waals surface area contributed by atoms with E-state index in [0.717, 1.165) is 44.1 Å². The third-order valence-corrected chi connectivity index (χ3v) is 6.78. The van der Waals surface area contributed by atoms with Crippen molar-refractivity contribution in [3.8, 4) is 0 Å². The van der Waals surface area contributed by atoms with Crippen LogP contribution in [0.25, 0.3) is 0 Å². The van der Waals surface area contributed by atoms with Crippen molar-refractivity contribution in [1.82, 2.24) is 10.6 Å². The molecule has 3 N–H and O–H groups in total. The summed E-state index contributed by atoms with van der Waals surface area (Å²) in [6.07, 6.45) is 9.79. The largest absolute Gasteiger partial charge is 0.463 e. The van der Waals surface area contributed by atoms with Crippen LogP contribution in [0.3, 0.4) is 0 Å². The van der Waals surface area contributed by atoms with E-state index < -0.39 is 17.5 Å². The standard InChI is InChI=1S/C30H44N2O6/c1-3-5-6-10-16-28(35)38-22-26(21-37-20-24-14-8-7-9-15-24)31-29(36)25(13-4-2)19-27(34)32-30(23-33)17-11-12-18-30/h3-4,7-9,14-15,25-26,33H,1-2,5-6,10-13,16-23H2,(H,31,36)(H,32,34). The number of rotatable bonds is 19. The monoisotopic (exact) mass is 528 g/mol. The molecule has 0 aromatic heterocycles. The molecule has 1 aliphatic rings. The summed E-state index contributed by atoms with van der Waals surface area (Å²) in [5, 5.41) is 15.7. The van der Waals surface area contributed by atoms with E-state index >= 15 is 0 Å². The van der Waals surface area contributed by atoms with Gasteiger partial charge in [-0.2, -0.15) is 0 Å². The van der Waals surface area contributed by atoms with Crippen molar-refractivity contribution in [2.45, 2.75) is 82.4 Å². The molecule has 38 heavy (non-hydrogen) atoms. The van der Waals surface area contributed by atoms with E-state index in [9.17, 15) is 19.5 Å². The van der Waals surface area contributed by atoms with Crippen LogP contribution >= 0.6 is 0 Å². The minimum absolute atomic E-state index is 0.0263. The number of allylic oxidation sites excluding steroid dienone is 2. The topological polar surface area (TPSA) is 114 Å². The third-order valence-electron chi connectivity index (χ3n) is 6.78. The van der Waals surface area contributed by atoms with E-state index in [0.29, 0.717) is 25.9 Å².